The highest BCUT2D eigenvalue weighted by Crippen LogP contribution is 2.54. The number of carbonyl (C=O) groups excluding carboxylic acids is 1. The molecule has 1 amide bonds. The second kappa shape index (κ2) is 13.8. The molecular weight excluding hydrogens is 721 g/mol. The van der Waals surface area contributed by atoms with E-state index in [0.717, 1.165) is 42.5 Å². The van der Waals surface area contributed by atoms with E-state index in [4.69, 9.17) is 0 Å². The van der Waals surface area contributed by atoms with Crippen LogP contribution in [0.4, 0.5) is 39.5 Å². The summed E-state index contributed by atoms with van der Waals surface area (Å²) in [5.41, 5.74) is -8.18. The summed E-state index contributed by atoms with van der Waals surface area (Å²) >= 11 is 0. The fourth-order valence-corrected chi connectivity index (χ4v) is 8.94. The first-order valence-electron chi connectivity index (χ1n) is 15.6. The SMILES string of the molecule is O=C(O)C1CCC(C(=O)N2CC[C@](c3ccc(C(OCc4c(F)cccc4F)(C(F)(F)F)C(F)(F)F)cc3)(S(=O)(=O)c3ccc(F)cc3)C2)CC1. The van der Waals surface area contributed by atoms with Crippen LogP contribution in [0.1, 0.15) is 48.8 Å². The highest BCUT2D eigenvalue weighted by atomic mass is 32.2. The maximum atomic E-state index is 14.5. The Morgan fingerprint density at radius 3 is 1.84 bits per heavy atom. The molecule has 51 heavy (non-hydrogen) atoms. The van der Waals surface area contributed by atoms with Gasteiger partial charge < -0.3 is 14.7 Å². The number of carboxylic acids is 1. The number of benzene rings is 3. The van der Waals surface area contributed by atoms with E-state index in [-0.39, 0.29) is 44.2 Å². The number of carbonyl (C=O) groups is 2. The first-order chi connectivity index (χ1) is 23.7. The third-order valence-corrected chi connectivity index (χ3v) is 12.2. The summed E-state index contributed by atoms with van der Waals surface area (Å²) in [7, 11) is -4.65. The number of carboxylic acid groups (broad SMARTS) is 1. The van der Waals surface area contributed by atoms with Crippen molar-refractivity contribution in [1.82, 2.24) is 4.90 Å². The van der Waals surface area contributed by atoms with Crippen molar-refractivity contribution in [1.29, 1.82) is 0 Å². The second-order valence-corrected chi connectivity index (χ2v) is 14.9. The number of sulfone groups is 1. The van der Waals surface area contributed by atoms with Gasteiger partial charge in [-0.25, -0.2) is 21.6 Å². The number of amides is 1. The number of halogens is 9. The van der Waals surface area contributed by atoms with Gasteiger partial charge in [-0.2, -0.15) is 26.3 Å². The lowest BCUT2D eigenvalue weighted by Crippen LogP contribution is -2.56. The largest absolute Gasteiger partial charge is 0.481 e. The van der Waals surface area contributed by atoms with Crippen LogP contribution in [-0.2, 0) is 41.1 Å². The van der Waals surface area contributed by atoms with Crippen LogP contribution in [0.15, 0.2) is 71.6 Å². The molecule has 1 heterocycles. The highest BCUT2D eigenvalue weighted by molar-refractivity contribution is 7.92. The van der Waals surface area contributed by atoms with Crippen LogP contribution in [0, 0.1) is 29.3 Å². The van der Waals surface area contributed by atoms with E-state index in [1.54, 1.807) is 0 Å². The molecule has 0 unspecified atom stereocenters. The first-order valence-corrected chi connectivity index (χ1v) is 17.1. The molecule has 2 fully saturated rings. The molecular formula is C34H30F9NO6S. The highest BCUT2D eigenvalue weighted by Gasteiger charge is 2.73. The number of hydrogen-bond donors (Lipinski definition) is 1. The van der Waals surface area contributed by atoms with Gasteiger partial charge in [-0.15, -0.1) is 0 Å². The molecule has 0 spiro atoms. The number of aliphatic carboxylic acids is 1. The Morgan fingerprint density at radius 2 is 1.33 bits per heavy atom. The molecule has 5 rings (SSSR count). The molecule has 7 nitrogen and oxygen atoms in total. The molecule has 3 aromatic carbocycles. The van der Waals surface area contributed by atoms with Gasteiger partial charge in [0.1, 0.15) is 22.2 Å². The van der Waals surface area contributed by atoms with Gasteiger partial charge in [0.15, 0.2) is 9.84 Å². The fourth-order valence-electron chi connectivity index (χ4n) is 6.86. The standard InChI is InChI=1S/C34H30F9NO6S/c35-24-12-14-25(15-13-24)51(48,49)31(16-17-44(19-31)29(45)20-4-6-21(7-5-20)30(46)47)22-8-10-23(11-9-22)32(33(38,39)40,34(41,42)43)50-18-26-27(36)2-1-3-28(26)37/h1-3,8-15,20-21H,4-7,16-19H2,(H,46,47)/t20?,21?,31-/m0/s1. The molecule has 0 radical (unpaired) electrons. The Balaban J connectivity index is 1.56. The molecule has 2 aliphatic rings. The summed E-state index contributed by atoms with van der Waals surface area (Å²) in [6, 6.07) is 7.82. The number of ether oxygens (including phenoxy) is 1. The third kappa shape index (κ3) is 6.81. The Morgan fingerprint density at radius 1 is 0.804 bits per heavy atom. The number of nitrogens with zero attached hydrogens (tertiary/aromatic N) is 1. The first kappa shape index (κ1) is 38.1. The van der Waals surface area contributed by atoms with Crippen molar-refractivity contribution in [2.24, 2.45) is 11.8 Å². The van der Waals surface area contributed by atoms with Gasteiger partial charge in [-0.3, -0.25) is 9.59 Å². The molecule has 1 aliphatic heterocycles. The Kier molecular flexibility index (Phi) is 10.3. The lowest BCUT2D eigenvalue weighted by molar-refractivity contribution is -0.392. The van der Waals surface area contributed by atoms with E-state index in [2.05, 4.69) is 4.74 Å². The minimum atomic E-state index is -6.25. The molecule has 17 heteroatoms. The van der Waals surface area contributed by atoms with Crippen LogP contribution < -0.4 is 0 Å². The predicted octanol–water partition coefficient (Wildman–Crippen LogP) is 7.43. The lowest BCUT2D eigenvalue weighted by atomic mass is 9.81. The summed E-state index contributed by atoms with van der Waals surface area (Å²) in [4.78, 5) is 25.7. The number of rotatable bonds is 9. The summed E-state index contributed by atoms with van der Waals surface area (Å²) in [5.74, 6) is -6.51. The zero-order valence-corrected chi connectivity index (χ0v) is 27.2. The quantitative estimate of drug-likeness (QED) is 0.180. The molecule has 0 aromatic heterocycles. The van der Waals surface area contributed by atoms with Crippen molar-refractivity contribution in [2.45, 2.75) is 66.3 Å². The maximum Gasteiger partial charge on any atom is 0.430 e. The van der Waals surface area contributed by atoms with Gasteiger partial charge in [-0.1, -0.05) is 30.3 Å². The number of likely N-dealkylation sites (tertiary alicyclic amines) is 1. The summed E-state index contributed by atoms with van der Waals surface area (Å²) < 4.78 is 160. The van der Waals surface area contributed by atoms with E-state index in [0.29, 0.717) is 24.3 Å². The molecule has 276 valence electrons. The fraction of sp³-hybridized carbons (Fsp3) is 0.412. The van der Waals surface area contributed by atoms with Crippen molar-refractivity contribution in [3.63, 3.8) is 0 Å². The molecule has 1 N–H and O–H groups in total. The van der Waals surface area contributed by atoms with E-state index >= 15 is 0 Å². The Bertz CT molecular complexity index is 1840. The smallest absolute Gasteiger partial charge is 0.430 e. The van der Waals surface area contributed by atoms with Crippen LogP contribution in [0.3, 0.4) is 0 Å². The van der Waals surface area contributed by atoms with E-state index in [9.17, 15) is 62.6 Å². The summed E-state index contributed by atoms with van der Waals surface area (Å²) in [6.07, 6.45) is -12.0. The normalized spacial score (nSPS) is 21.9. The van der Waals surface area contributed by atoms with Gasteiger partial charge in [0.05, 0.1) is 17.4 Å². The lowest BCUT2D eigenvalue weighted by Gasteiger charge is -2.38. The van der Waals surface area contributed by atoms with E-state index < -0.39 is 103 Å². The summed E-state index contributed by atoms with van der Waals surface area (Å²) in [5, 5.41) is 9.30. The van der Waals surface area contributed by atoms with Crippen molar-refractivity contribution in [3.8, 4) is 0 Å². The van der Waals surface area contributed by atoms with Crippen LogP contribution in [0.25, 0.3) is 0 Å². The van der Waals surface area contributed by atoms with E-state index in [1.807, 2.05) is 0 Å². The van der Waals surface area contributed by atoms with Crippen molar-refractivity contribution in [3.05, 3.63) is 101 Å². The average molecular weight is 752 g/mol. The van der Waals surface area contributed by atoms with Crippen molar-refractivity contribution in [2.75, 3.05) is 13.1 Å². The van der Waals surface area contributed by atoms with Crippen LogP contribution >= 0.6 is 0 Å². The monoisotopic (exact) mass is 751 g/mol. The molecule has 1 saturated heterocycles. The van der Waals surface area contributed by atoms with Crippen molar-refractivity contribution >= 4 is 21.7 Å². The average Bonchev–Trinajstić information content (AvgIpc) is 3.53. The molecule has 0 bridgehead atoms. The minimum Gasteiger partial charge on any atom is -0.481 e. The molecule has 1 saturated carbocycles. The predicted molar refractivity (Wildman–Crippen MR) is 161 cm³/mol. The molecule has 1 aliphatic carbocycles. The zero-order valence-electron chi connectivity index (χ0n) is 26.4. The Labute approximate surface area is 285 Å². The maximum absolute atomic E-state index is 14.5. The van der Waals surface area contributed by atoms with Gasteiger partial charge >= 0.3 is 18.3 Å². The molecule has 3 aromatic rings. The van der Waals surface area contributed by atoms with Crippen LogP contribution in [-0.4, -0.2) is 55.7 Å². The summed E-state index contributed by atoms with van der Waals surface area (Å²) in [6.45, 7) is -2.55. The van der Waals surface area contributed by atoms with Gasteiger partial charge in [0, 0.05) is 30.1 Å². The van der Waals surface area contributed by atoms with Gasteiger partial charge in [-0.05, 0) is 74.1 Å². The second-order valence-electron chi connectivity index (χ2n) is 12.6. The van der Waals surface area contributed by atoms with E-state index in [1.165, 1.54) is 4.90 Å². The van der Waals surface area contributed by atoms with Crippen molar-refractivity contribution < 1.29 is 67.4 Å². The topological polar surface area (TPSA) is 101 Å². The van der Waals surface area contributed by atoms with Gasteiger partial charge in [0.2, 0.25) is 5.91 Å². The third-order valence-electron chi connectivity index (χ3n) is 9.72. The number of alkyl halides is 6. The Hall–Kier alpha value is -4.12. The van der Waals surface area contributed by atoms with Gasteiger partial charge in [0.25, 0.3) is 5.60 Å². The van der Waals surface area contributed by atoms with Crippen LogP contribution in [0.2, 0.25) is 0 Å². The number of hydrogen-bond acceptors (Lipinski definition) is 5. The zero-order chi connectivity index (χ0) is 37.6. The molecule has 1 atom stereocenters. The van der Waals surface area contributed by atoms with Crippen LogP contribution in [0.5, 0.6) is 0 Å². The minimum absolute atomic E-state index is 0.188.